The normalized spacial score (nSPS) is 15.0. The fraction of sp³-hybridized carbons (Fsp3) is 0.238. The van der Waals surface area contributed by atoms with Crippen molar-refractivity contribution in [1.82, 2.24) is 4.98 Å². The van der Waals surface area contributed by atoms with Gasteiger partial charge in [0.25, 0.3) is 0 Å². The molecule has 154 valence electrons. The zero-order chi connectivity index (χ0) is 21.1. The van der Waals surface area contributed by atoms with Gasteiger partial charge < -0.3 is 15.2 Å². The molecule has 0 saturated heterocycles. The molecular weight excluding hydrogens is 418 g/mol. The maximum absolute atomic E-state index is 10.3. The molecule has 0 spiro atoms. The third-order valence-electron chi connectivity index (χ3n) is 4.45. The number of nitrogens with zero attached hydrogens (tertiary/aromatic N) is 4. The summed E-state index contributed by atoms with van der Waals surface area (Å²) in [7, 11) is 1.65. The predicted octanol–water partition coefficient (Wildman–Crippen LogP) is 3.06. The Kier molecular flexibility index (Phi) is 5.91. The van der Waals surface area contributed by atoms with E-state index in [4.69, 9.17) is 4.74 Å². The van der Waals surface area contributed by atoms with Crippen molar-refractivity contribution >= 4 is 45.7 Å². The Balaban J connectivity index is 1.63. The van der Waals surface area contributed by atoms with Gasteiger partial charge in [0.1, 0.15) is 0 Å². The summed E-state index contributed by atoms with van der Waals surface area (Å²) in [6.45, 7) is 5.18. The largest absolute Gasteiger partial charge is 0.492 e. The summed E-state index contributed by atoms with van der Waals surface area (Å²) in [5.74, 6) is 0.895. The molecule has 9 heteroatoms. The second kappa shape index (κ2) is 8.76. The lowest BCUT2D eigenvalue weighted by Gasteiger charge is -2.11. The van der Waals surface area contributed by atoms with Crippen LogP contribution in [0, 0.1) is 6.92 Å². The molecule has 0 fully saturated rings. The van der Waals surface area contributed by atoms with E-state index >= 15 is 0 Å². The molecule has 0 saturated carbocycles. The molecular formula is C21H21N5O2S2. The van der Waals surface area contributed by atoms with Crippen LogP contribution in [-0.2, 0) is 11.3 Å². The number of aromatic nitrogens is 1. The number of anilines is 1. The Bertz CT molecular complexity index is 1260. The maximum atomic E-state index is 10.3. The van der Waals surface area contributed by atoms with E-state index in [0.29, 0.717) is 35.0 Å². The summed E-state index contributed by atoms with van der Waals surface area (Å²) in [4.78, 5) is 19.0. The molecule has 0 bridgehead atoms. The number of benzene rings is 1. The number of aromatic hydroxyl groups is 1. The van der Waals surface area contributed by atoms with Crippen LogP contribution >= 0.6 is 22.7 Å². The minimum absolute atomic E-state index is 0.00640. The SMILES string of the molecule is CCOC1=NC(=NC)N=c2ccc(=Cc3sc(NCc4sccc4C)nc3O)cc21. The Morgan fingerprint density at radius 1 is 1.27 bits per heavy atom. The number of guanidine groups is 1. The molecule has 7 nitrogen and oxygen atoms in total. The molecule has 0 unspecified atom stereocenters. The van der Waals surface area contributed by atoms with Crippen molar-refractivity contribution in [3.63, 3.8) is 0 Å². The third kappa shape index (κ3) is 4.27. The number of fused-ring (bicyclic) bond motifs is 1. The topological polar surface area (TPSA) is 91.5 Å². The fourth-order valence-corrected chi connectivity index (χ4v) is 4.59. The van der Waals surface area contributed by atoms with E-state index in [0.717, 1.165) is 16.1 Å². The van der Waals surface area contributed by atoms with Crippen LogP contribution in [0.4, 0.5) is 5.13 Å². The van der Waals surface area contributed by atoms with Crippen LogP contribution in [-0.4, -0.2) is 35.6 Å². The number of nitrogens with one attached hydrogen (secondary N) is 1. The zero-order valence-electron chi connectivity index (χ0n) is 16.8. The maximum Gasteiger partial charge on any atom is 0.248 e. The molecule has 1 aliphatic rings. The third-order valence-corrected chi connectivity index (χ3v) is 6.43. The van der Waals surface area contributed by atoms with Gasteiger partial charge in [0.2, 0.25) is 17.7 Å². The number of hydrogen-bond donors (Lipinski definition) is 2. The van der Waals surface area contributed by atoms with Gasteiger partial charge in [-0.05, 0) is 54.3 Å². The van der Waals surface area contributed by atoms with Crippen LogP contribution in [0.3, 0.4) is 0 Å². The average molecular weight is 440 g/mol. The molecule has 3 heterocycles. The minimum Gasteiger partial charge on any atom is -0.492 e. The van der Waals surface area contributed by atoms with Crippen LogP contribution in [0.5, 0.6) is 5.88 Å². The van der Waals surface area contributed by atoms with Gasteiger partial charge in [-0.3, -0.25) is 4.99 Å². The fourth-order valence-electron chi connectivity index (χ4n) is 2.93. The van der Waals surface area contributed by atoms with E-state index < -0.39 is 0 Å². The van der Waals surface area contributed by atoms with E-state index in [2.05, 4.69) is 43.6 Å². The molecule has 2 N–H and O–H groups in total. The molecule has 2 aromatic heterocycles. The van der Waals surface area contributed by atoms with Gasteiger partial charge in [0.05, 0.1) is 28.9 Å². The van der Waals surface area contributed by atoms with Crippen LogP contribution in [0.2, 0.25) is 0 Å². The van der Waals surface area contributed by atoms with Crippen LogP contribution in [0.1, 0.15) is 27.8 Å². The first-order valence-corrected chi connectivity index (χ1v) is 11.1. The van der Waals surface area contributed by atoms with Crippen molar-refractivity contribution in [1.29, 1.82) is 0 Å². The molecule has 0 radical (unpaired) electrons. The molecule has 3 aromatic rings. The first-order valence-electron chi connectivity index (χ1n) is 9.43. The van der Waals surface area contributed by atoms with Crippen molar-refractivity contribution in [2.45, 2.75) is 20.4 Å². The van der Waals surface area contributed by atoms with Crippen molar-refractivity contribution in [3.8, 4) is 5.88 Å². The highest BCUT2D eigenvalue weighted by Crippen LogP contribution is 2.29. The van der Waals surface area contributed by atoms with Crippen molar-refractivity contribution in [3.05, 3.63) is 61.1 Å². The molecule has 0 atom stereocenters. The summed E-state index contributed by atoms with van der Waals surface area (Å²) in [5, 5.41) is 18.0. The van der Waals surface area contributed by atoms with Gasteiger partial charge in [-0.2, -0.15) is 9.98 Å². The standard InChI is InChI=1S/C21H21N5O2S2/c1-4-28-19-14-9-13(5-6-15(14)24-20(22-3)26-19)10-16-18(27)25-21(30-16)23-11-17-12(2)7-8-29-17/h5-10,27H,4,11H2,1-3H3,(H,23,25). The molecule has 0 amide bonds. The van der Waals surface area contributed by atoms with Crippen LogP contribution < -0.4 is 15.9 Å². The first kappa shape index (κ1) is 20.2. The van der Waals surface area contributed by atoms with E-state index in [1.165, 1.54) is 21.8 Å². The number of hydrogen-bond acceptors (Lipinski definition) is 7. The number of thiophene rings is 1. The Hall–Kier alpha value is -3.04. The minimum atomic E-state index is 0.00640. The summed E-state index contributed by atoms with van der Waals surface area (Å²) >= 11 is 3.11. The number of rotatable bonds is 5. The van der Waals surface area contributed by atoms with Crippen LogP contribution in [0.15, 0.2) is 44.6 Å². The lowest BCUT2D eigenvalue weighted by Crippen LogP contribution is -2.27. The second-order valence-electron chi connectivity index (χ2n) is 6.49. The average Bonchev–Trinajstić information content (AvgIpc) is 3.31. The number of aliphatic imine (C=N–C) groups is 2. The van der Waals surface area contributed by atoms with Gasteiger partial charge in [-0.25, -0.2) is 4.99 Å². The second-order valence-corrected chi connectivity index (χ2v) is 8.52. The number of ether oxygens (including phenoxy) is 1. The lowest BCUT2D eigenvalue weighted by atomic mass is 10.1. The summed E-state index contributed by atoms with van der Waals surface area (Å²) in [5.41, 5.74) is 2.05. The molecule has 1 aromatic carbocycles. The molecule has 1 aliphatic heterocycles. The van der Waals surface area contributed by atoms with Crippen molar-refractivity contribution < 1.29 is 9.84 Å². The quantitative estimate of drug-likeness (QED) is 0.639. The monoisotopic (exact) mass is 439 g/mol. The highest BCUT2D eigenvalue weighted by Gasteiger charge is 2.15. The van der Waals surface area contributed by atoms with Crippen molar-refractivity contribution in [2.75, 3.05) is 19.0 Å². The van der Waals surface area contributed by atoms with Crippen molar-refractivity contribution in [2.24, 2.45) is 15.0 Å². The summed E-state index contributed by atoms with van der Waals surface area (Å²) < 4.78 is 5.68. The molecule has 0 aliphatic carbocycles. The lowest BCUT2D eigenvalue weighted by molar-refractivity contribution is 0.328. The van der Waals surface area contributed by atoms with Gasteiger partial charge in [0, 0.05) is 11.9 Å². The summed E-state index contributed by atoms with van der Waals surface area (Å²) in [6.07, 6.45) is 1.89. The molecule has 4 rings (SSSR count). The zero-order valence-corrected chi connectivity index (χ0v) is 18.5. The highest BCUT2D eigenvalue weighted by atomic mass is 32.1. The predicted molar refractivity (Wildman–Crippen MR) is 122 cm³/mol. The first-order chi connectivity index (χ1) is 14.6. The van der Waals surface area contributed by atoms with E-state index in [9.17, 15) is 5.11 Å². The Morgan fingerprint density at radius 3 is 2.87 bits per heavy atom. The van der Waals surface area contributed by atoms with E-state index in [1.54, 1.807) is 18.4 Å². The Morgan fingerprint density at radius 2 is 2.13 bits per heavy atom. The number of thiazole rings is 1. The van der Waals surface area contributed by atoms with Gasteiger partial charge in [-0.1, -0.05) is 17.4 Å². The molecule has 30 heavy (non-hydrogen) atoms. The Labute approximate surface area is 181 Å². The summed E-state index contributed by atoms with van der Waals surface area (Å²) in [6, 6.07) is 7.88. The van der Waals surface area contributed by atoms with Gasteiger partial charge in [-0.15, -0.1) is 11.3 Å². The van der Waals surface area contributed by atoms with Crippen LogP contribution in [0.25, 0.3) is 6.08 Å². The van der Waals surface area contributed by atoms with E-state index in [1.807, 2.05) is 31.2 Å². The number of aryl methyl sites for hydroxylation is 1. The van der Waals surface area contributed by atoms with Gasteiger partial charge in [0.15, 0.2) is 5.13 Å². The van der Waals surface area contributed by atoms with Gasteiger partial charge >= 0.3 is 0 Å². The smallest absolute Gasteiger partial charge is 0.248 e. The van der Waals surface area contributed by atoms with E-state index in [-0.39, 0.29) is 5.88 Å². The highest BCUT2D eigenvalue weighted by molar-refractivity contribution is 7.16.